The average Bonchev–Trinajstić information content (AvgIpc) is 2.86. The van der Waals surface area contributed by atoms with Crippen LogP contribution in [0.4, 0.5) is 10.5 Å². The number of para-hydroxylation sites is 1. The number of hydrogen-bond donors (Lipinski definition) is 2. The van der Waals surface area contributed by atoms with E-state index in [-0.39, 0.29) is 13.2 Å². The molecule has 3 rings (SSSR count). The predicted octanol–water partition coefficient (Wildman–Crippen LogP) is 4.01. The van der Waals surface area contributed by atoms with E-state index in [1.807, 2.05) is 31.2 Å². The number of rotatable bonds is 5. The predicted molar refractivity (Wildman–Crippen MR) is 107 cm³/mol. The van der Waals surface area contributed by atoms with E-state index in [1.165, 1.54) is 4.90 Å². The molecule has 3 amide bonds. The third-order valence-electron chi connectivity index (χ3n) is 4.16. The molecule has 1 aliphatic rings. The fourth-order valence-electron chi connectivity index (χ4n) is 2.71. The Morgan fingerprint density at radius 2 is 2.00 bits per heavy atom. The van der Waals surface area contributed by atoms with Crippen LogP contribution in [0.3, 0.4) is 0 Å². The summed E-state index contributed by atoms with van der Waals surface area (Å²) in [6, 6.07) is 12.0. The summed E-state index contributed by atoms with van der Waals surface area (Å²) in [7, 11) is 0. The zero-order chi connectivity index (χ0) is 19.9. The number of nitrogens with zero attached hydrogens (tertiary/aromatic N) is 1. The summed E-state index contributed by atoms with van der Waals surface area (Å²) < 4.78 is 11.2. The second kappa shape index (κ2) is 9.43. The molecule has 0 spiro atoms. The minimum absolute atomic E-state index is 0.116. The van der Waals surface area contributed by atoms with Gasteiger partial charge in [0, 0.05) is 17.2 Å². The minimum atomic E-state index is -0.509. The molecule has 8 heteroatoms. The second-order valence-corrected chi connectivity index (χ2v) is 6.73. The third kappa shape index (κ3) is 4.94. The number of benzene rings is 2. The second-order valence-electron chi connectivity index (χ2n) is 6.29. The average molecular weight is 404 g/mol. The summed E-state index contributed by atoms with van der Waals surface area (Å²) in [6.07, 6.45) is 1.86. The molecule has 0 fully saturated rings. The number of anilines is 1. The first-order chi connectivity index (χ1) is 13.6. The van der Waals surface area contributed by atoms with Gasteiger partial charge in [0.05, 0.1) is 12.2 Å². The molecule has 0 atom stereocenters. The number of carbonyl (C=O) groups is 2. The Hall–Kier alpha value is -2.77. The van der Waals surface area contributed by atoms with Crippen molar-refractivity contribution in [3.05, 3.63) is 53.1 Å². The Morgan fingerprint density at radius 3 is 2.82 bits per heavy atom. The molecule has 148 valence electrons. The van der Waals surface area contributed by atoms with Crippen molar-refractivity contribution in [3.63, 3.8) is 0 Å². The molecule has 0 aromatic heterocycles. The normalized spacial score (nSPS) is 12.3. The van der Waals surface area contributed by atoms with Gasteiger partial charge in [-0.15, -0.1) is 0 Å². The molecule has 1 aliphatic heterocycles. The third-order valence-corrected chi connectivity index (χ3v) is 4.40. The molecule has 7 nitrogen and oxygen atoms in total. The molecule has 0 saturated carbocycles. The lowest BCUT2D eigenvalue weighted by Gasteiger charge is -2.22. The summed E-state index contributed by atoms with van der Waals surface area (Å²) >= 11 is 6.12. The minimum Gasteiger partial charge on any atom is -0.455 e. The van der Waals surface area contributed by atoms with Gasteiger partial charge in [0.15, 0.2) is 5.75 Å². The van der Waals surface area contributed by atoms with Crippen LogP contribution in [0.1, 0.15) is 25.3 Å². The van der Waals surface area contributed by atoms with Gasteiger partial charge in [-0.05, 0) is 30.7 Å². The number of urea groups is 1. The quantitative estimate of drug-likeness (QED) is 0.584. The van der Waals surface area contributed by atoms with E-state index in [4.69, 9.17) is 21.1 Å². The van der Waals surface area contributed by atoms with E-state index < -0.39 is 11.9 Å². The molecular weight excluding hydrogens is 382 g/mol. The highest BCUT2D eigenvalue weighted by Crippen LogP contribution is 2.40. The van der Waals surface area contributed by atoms with Gasteiger partial charge in [-0.25, -0.2) is 10.2 Å². The van der Waals surface area contributed by atoms with Crippen molar-refractivity contribution < 1.29 is 19.1 Å². The Labute approximate surface area is 168 Å². The van der Waals surface area contributed by atoms with E-state index >= 15 is 0 Å². The van der Waals surface area contributed by atoms with E-state index in [1.54, 1.807) is 18.2 Å². The van der Waals surface area contributed by atoms with Crippen LogP contribution in [0.5, 0.6) is 11.5 Å². The van der Waals surface area contributed by atoms with Crippen LogP contribution in [0, 0.1) is 0 Å². The van der Waals surface area contributed by atoms with Crippen LogP contribution in [0.25, 0.3) is 0 Å². The summed E-state index contributed by atoms with van der Waals surface area (Å²) in [5.74, 6) is 0.732. The van der Waals surface area contributed by atoms with Crippen molar-refractivity contribution in [2.75, 3.05) is 18.1 Å². The van der Waals surface area contributed by atoms with Gasteiger partial charge in [-0.2, -0.15) is 0 Å². The first-order valence-corrected chi connectivity index (χ1v) is 9.45. The Bertz CT molecular complexity index is 859. The summed E-state index contributed by atoms with van der Waals surface area (Å²) in [6.45, 7) is 2.69. The van der Waals surface area contributed by atoms with Gasteiger partial charge in [-0.3, -0.25) is 15.1 Å². The fraction of sp³-hybridized carbons (Fsp3) is 0.300. The lowest BCUT2D eigenvalue weighted by atomic mass is 10.2. The number of halogens is 1. The van der Waals surface area contributed by atoms with E-state index in [0.717, 1.165) is 18.4 Å². The maximum atomic E-state index is 12.8. The number of hydrazine groups is 1. The first kappa shape index (κ1) is 20.0. The number of unbranched alkanes of at least 4 members (excludes halogenated alkanes) is 1. The highest BCUT2D eigenvalue weighted by atomic mass is 35.5. The maximum Gasteiger partial charge on any atom is 0.341 e. The number of ether oxygens (including phenoxy) is 2. The van der Waals surface area contributed by atoms with E-state index in [0.29, 0.717) is 28.8 Å². The zero-order valence-electron chi connectivity index (χ0n) is 15.5. The Balaban J connectivity index is 1.72. The smallest absolute Gasteiger partial charge is 0.341 e. The SMILES string of the molecule is CCCCOCC(=O)NNC(=O)N1Cc2ccccc2Oc2ccc(Cl)cc21. The Morgan fingerprint density at radius 1 is 1.18 bits per heavy atom. The van der Waals surface area contributed by atoms with Crippen molar-refractivity contribution in [2.24, 2.45) is 0 Å². The highest BCUT2D eigenvalue weighted by molar-refractivity contribution is 6.31. The van der Waals surface area contributed by atoms with Crippen LogP contribution in [0.2, 0.25) is 5.02 Å². The fourth-order valence-corrected chi connectivity index (χ4v) is 2.88. The molecule has 2 aromatic rings. The van der Waals surface area contributed by atoms with Crippen molar-refractivity contribution in [3.8, 4) is 11.5 Å². The van der Waals surface area contributed by atoms with Gasteiger partial charge >= 0.3 is 6.03 Å². The summed E-state index contributed by atoms with van der Waals surface area (Å²) in [5, 5.41) is 0.472. The monoisotopic (exact) mass is 403 g/mol. The summed E-state index contributed by atoms with van der Waals surface area (Å²) in [5.41, 5.74) is 6.13. The Kier molecular flexibility index (Phi) is 6.73. The van der Waals surface area contributed by atoms with Crippen molar-refractivity contribution in [1.82, 2.24) is 10.9 Å². The lowest BCUT2D eigenvalue weighted by molar-refractivity contribution is -0.126. The number of fused-ring (bicyclic) bond motifs is 2. The van der Waals surface area contributed by atoms with Crippen LogP contribution < -0.4 is 20.5 Å². The van der Waals surface area contributed by atoms with Gasteiger partial charge in [0.1, 0.15) is 12.4 Å². The molecular formula is C20H22ClN3O4. The number of carbonyl (C=O) groups excluding carboxylic acids is 2. The molecule has 0 radical (unpaired) electrons. The molecule has 2 N–H and O–H groups in total. The lowest BCUT2D eigenvalue weighted by Crippen LogP contribution is -2.49. The molecule has 0 unspecified atom stereocenters. The largest absolute Gasteiger partial charge is 0.455 e. The van der Waals surface area contributed by atoms with Crippen LogP contribution in [-0.2, 0) is 16.1 Å². The number of nitrogens with one attached hydrogen (secondary N) is 2. The van der Waals surface area contributed by atoms with Gasteiger partial charge in [0.25, 0.3) is 5.91 Å². The highest BCUT2D eigenvalue weighted by Gasteiger charge is 2.26. The van der Waals surface area contributed by atoms with Crippen LogP contribution in [0.15, 0.2) is 42.5 Å². The van der Waals surface area contributed by atoms with E-state index in [9.17, 15) is 9.59 Å². The van der Waals surface area contributed by atoms with Crippen LogP contribution in [-0.4, -0.2) is 25.2 Å². The molecule has 0 bridgehead atoms. The zero-order valence-corrected chi connectivity index (χ0v) is 16.3. The van der Waals surface area contributed by atoms with Gasteiger partial charge in [0.2, 0.25) is 0 Å². The number of hydrogen-bond acceptors (Lipinski definition) is 4. The molecule has 28 heavy (non-hydrogen) atoms. The summed E-state index contributed by atoms with van der Waals surface area (Å²) in [4.78, 5) is 26.1. The number of amides is 3. The first-order valence-electron chi connectivity index (χ1n) is 9.08. The van der Waals surface area contributed by atoms with Crippen LogP contribution >= 0.6 is 11.6 Å². The van der Waals surface area contributed by atoms with Gasteiger partial charge < -0.3 is 9.47 Å². The standard InChI is InChI=1S/C20H22ClN3O4/c1-2-3-10-27-13-19(25)22-23-20(26)24-12-14-6-4-5-7-17(14)28-18-9-8-15(21)11-16(18)24/h4-9,11H,2-3,10,12-13H2,1H3,(H,22,25)(H,23,26). The topological polar surface area (TPSA) is 79.9 Å². The van der Waals surface area contributed by atoms with Crippen molar-refractivity contribution in [1.29, 1.82) is 0 Å². The van der Waals surface area contributed by atoms with Crippen molar-refractivity contribution in [2.45, 2.75) is 26.3 Å². The van der Waals surface area contributed by atoms with Crippen molar-refractivity contribution >= 4 is 29.2 Å². The molecule has 0 aliphatic carbocycles. The molecule has 0 saturated heterocycles. The molecule has 2 aromatic carbocycles. The maximum absolute atomic E-state index is 12.8. The van der Waals surface area contributed by atoms with E-state index in [2.05, 4.69) is 10.9 Å². The van der Waals surface area contributed by atoms with Gasteiger partial charge in [-0.1, -0.05) is 43.1 Å². The molecule has 1 heterocycles.